The number of amides is 2. The van der Waals surface area contributed by atoms with Crippen LogP contribution in [-0.2, 0) is 14.3 Å². The van der Waals surface area contributed by atoms with Gasteiger partial charge in [0.05, 0.1) is 11.3 Å². The summed E-state index contributed by atoms with van der Waals surface area (Å²) >= 11 is 0. The summed E-state index contributed by atoms with van der Waals surface area (Å²) in [6.45, 7) is -0.732. The Bertz CT molecular complexity index is 991. The number of carbonyl (C=O) groups excluding carboxylic acids is 4. The highest BCUT2D eigenvalue weighted by atomic mass is 19.4. The lowest BCUT2D eigenvalue weighted by Gasteiger charge is -2.10. The lowest BCUT2D eigenvalue weighted by molar-refractivity contribution is -0.165. The van der Waals surface area contributed by atoms with Crippen molar-refractivity contribution in [3.8, 4) is 0 Å². The van der Waals surface area contributed by atoms with Crippen LogP contribution in [0.2, 0.25) is 0 Å². The molecule has 0 atom stereocenters. The molecule has 2 aromatic rings. The zero-order chi connectivity index (χ0) is 22.9. The fraction of sp³-hybridized carbons (Fsp3) is 0.100. The number of alkyl halides is 3. The molecule has 0 unspecified atom stereocenters. The first kappa shape index (κ1) is 23.1. The minimum absolute atomic E-state index is 0.0523. The van der Waals surface area contributed by atoms with Crippen LogP contribution in [0.25, 0.3) is 0 Å². The van der Waals surface area contributed by atoms with E-state index in [-0.39, 0.29) is 17.3 Å². The Balaban J connectivity index is 1.88. The van der Waals surface area contributed by atoms with E-state index < -0.39 is 36.4 Å². The zero-order valence-corrected chi connectivity index (χ0v) is 15.7. The molecular weight excluding hydrogens is 419 g/mol. The number of carbonyl (C=O) groups is 4. The number of halogens is 3. The highest BCUT2D eigenvalue weighted by molar-refractivity contribution is 5.98. The molecule has 0 aliphatic heterocycles. The van der Waals surface area contributed by atoms with Gasteiger partial charge >= 0.3 is 12.1 Å². The van der Waals surface area contributed by atoms with Crippen molar-refractivity contribution >= 4 is 29.3 Å². The number of esters is 1. The second-order valence-electron chi connectivity index (χ2n) is 5.83. The molecule has 0 aliphatic rings. The highest BCUT2D eigenvalue weighted by Crippen LogP contribution is 2.18. The van der Waals surface area contributed by atoms with Crippen LogP contribution in [0.15, 0.2) is 66.9 Å². The van der Waals surface area contributed by atoms with Gasteiger partial charge in [-0.05, 0) is 24.3 Å². The molecule has 2 aromatic carbocycles. The molecule has 0 spiro atoms. The molecule has 8 nitrogen and oxygen atoms in total. The van der Waals surface area contributed by atoms with Crippen molar-refractivity contribution in [1.29, 1.82) is 0 Å². The van der Waals surface area contributed by atoms with Gasteiger partial charge in [0.2, 0.25) is 0 Å². The molecule has 31 heavy (non-hydrogen) atoms. The summed E-state index contributed by atoms with van der Waals surface area (Å²) in [4.78, 5) is 46.6. The van der Waals surface area contributed by atoms with Gasteiger partial charge in [0.1, 0.15) is 0 Å². The van der Waals surface area contributed by atoms with Gasteiger partial charge in [0.15, 0.2) is 6.61 Å². The molecule has 0 aliphatic carbocycles. The average Bonchev–Trinajstić information content (AvgIpc) is 2.76. The third kappa shape index (κ3) is 7.31. The molecule has 162 valence electrons. The first-order chi connectivity index (χ1) is 14.7. The quantitative estimate of drug-likeness (QED) is 0.350. The Kier molecular flexibility index (Phi) is 7.89. The van der Waals surface area contributed by atoms with E-state index in [1.807, 2.05) is 0 Å². The normalized spacial score (nSPS) is 10.9. The fourth-order valence-electron chi connectivity index (χ4n) is 2.12. The third-order valence-corrected chi connectivity index (χ3v) is 3.59. The number of nitrogens with one attached hydrogen (secondary N) is 3. The molecule has 0 heterocycles. The van der Waals surface area contributed by atoms with E-state index in [2.05, 4.69) is 16.2 Å². The van der Waals surface area contributed by atoms with Crippen LogP contribution >= 0.6 is 0 Å². The number of ketones is 1. The highest BCUT2D eigenvalue weighted by Gasteiger charge is 2.36. The van der Waals surface area contributed by atoms with E-state index in [9.17, 15) is 32.3 Å². The maximum atomic E-state index is 12.2. The van der Waals surface area contributed by atoms with Crippen molar-refractivity contribution in [2.24, 2.45) is 0 Å². The molecule has 2 rings (SSSR count). The summed E-state index contributed by atoms with van der Waals surface area (Å²) in [7, 11) is 0. The number of allylic oxidation sites excluding steroid dienone is 1. The number of benzene rings is 2. The molecule has 0 radical (unpaired) electrons. The number of rotatable bonds is 7. The molecule has 0 fully saturated rings. The molecule has 0 saturated carbocycles. The molecule has 11 heteroatoms. The molecule has 0 saturated heterocycles. The average molecular weight is 435 g/mol. The van der Waals surface area contributed by atoms with Crippen LogP contribution in [0, 0.1) is 0 Å². The van der Waals surface area contributed by atoms with Gasteiger partial charge in [0, 0.05) is 17.8 Å². The Morgan fingerprint density at radius 2 is 1.55 bits per heavy atom. The lowest BCUT2D eigenvalue weighted by atomic mass is 10.2. The van der Waals surface area contributed by atoms with E-state index in [4.69, 9.17) is 4.74 Å². The summed E-state index contributed by atoms with van der Waals surface area (Å²) in [6, 6.07) is 13.7. The Hall–Kier alpha value is -4.15. The van der Waals surface area contributed by atoms with Crippen LogP contribution < -0.4 is 16.2 Å². The van der Waals surface area contributed by atoms with Gasteiger partial charge in [-0.2, -0.15) is 13.2 Å². The standard InChI is InChI=1S/C20H16F3N3O5/c21-20(22,23)16(27)10-11-24-15-9-5-4-8-14(15)19(30)31-12-17(28)25-26-18(29)13-6-2-1-3-7-13/h1-11,24H,12H2,(H,25,28)(H,26,29). The summed E-state index contributed by atoms with van der Waals surface area (Å²) in [5, 5.41) is 2.38. The molecule has 2 amide bonds. The third-order valence-electron chi connectivity index (χ3n) is 3.59. The van der Waals surface area contributed by atoms with E-state index in [0.717, 1.165) is 6.20 Å². The second-order valence-corrected chi connectivity index (χ2v) is 5.83. The van der Waals surface area contributed by atoms with Gasteiger partial charge in [0.25, 0.3) is 17.6 Å². The fourth-order valence-corrected chi connectivity index (χ4v) is 2.12. The minimum Gasteiger partial charge on any atom is -0.452 e. The summed E-state index contributed by atoms with van der Waals surface area (Å²) in [5.41, 5.74) is 4.49. The molecule has 0 bridgehead atoms. The number of ether oxygens (including phenoxy) is 1. The van der Waals surface area contributed by atoms with Crippen LogP contribution in [-0.4, -0.2) is 36.4 Å². The van der Waals surface area contributed by atoms with Crippen molar-refractivity contribution in [3.63, 3.8) is 0 Å². The summed E-state index contributed by atoms with van der Waals surface area (Å²) in [5.74, 6) is -4.42. The Morgan fingerprint density at radius 1 is 0.903 bits per heavy atom. The van der Waals surface area contributed by atoms with E-state index in [1.165, 1.54) is 36.4 Å². The maximum absolute atomic E-state index is 12.2. The minimum atomic E-state index is -5.01. The van der Waals surface area contributed by atoms with Crippen molar-refractivity contribution in [2.75, 3.05) is 11.9 Å². The number of hydrogen-bond acceptors (Lipinski definition) is 6. The monoisotopic (exact) mass is 435 g/mol. The first-order valence-electron chi connectivity index (χ1n) is 8.63. The van der Waals surface area contributed by atoms with Crippen LogP contribution in [0.5, 0.6) is 0 Å². The zero-order valence-electron chi connectivity index (χ0n) is 15.7. The van der Waals surface area contributed by atoms with E-state index in [0.29, 0.717) is 5.56 Å². The van der Waals surface area contributed by atoms with Crippen LogP contribution in [0.1, 0.15) is 20.7 Å². The van der Waals surface area contributed by atoms with Gasteiger partial charge in [-0.1, -0.05) is 30.3 Å². The molecular formula is C20H16F3N3O5. The smallest absolute Gasteiger partial charge is 0.452 e. The predicted octanol–water partition coefficient (Wildman–Crippen LogP) is 2.36. The van der Waals surface area contributed by atoms with Crippen molar-refractivity contribution < 1.29 is 37.1 Å². The van der Waals surface area contributed by atoms with Crippen molar-refractivity contribution in [2.45, 2.75) is 6.18 Å². The maximum Gasteiger partial charge on any atom is 0.454 e. The van der Waals surface area contributed by atoms with Crippen molar-refractivity contribution in [1.82, 2.24) is 10.9 Å². The van der Waals surface area contributed by atoms with Gasteiger partial charge in [-0.3, -0.25) is 25.2 Å². The number of hydrazine groups is 1. The lowest BCUT2D eigenvalue weighted by Crippen LogP contribution is -2.43. The Labute approximate surface area is 174 Å². The number of hydrogen-bond donors (Lipinski definition) is 3. The number of para-hydroxylation sites is 1. The first-order valence-corrected chi connectivity index (χ1v) is 8.63. The number of anilines is 1. The van der Waals surface area contributed by atoms with E-state index >= 15 is 0 Å². The van der Waals surface area contributed by atoms with Gasteiger partial charge in [-0.15, -0.1) is 0 Å². The molecule has 3 N–H and O–H groups in total. The van der Waals surface area contributed by atoms with E-state index in [1.54, 1.807) is 18.2 Å². The Morgan fingerprint density at radius 3 is 2.23 bits per heavy atom. The van der Waals surface area contributed by atoms with Gasteiger partial charge < -0.3 is 10.1 Å². The largest absolute Gasteiger partial charge is 0.454 e. The summed E-state index contributed by atoms with van der Waals surface area (Å²) < 4.78 is 41.4. The SMILES string of the molecule is O=C(COC(=O)c1ccccc1NC=CC(=O)C(F)(F)F)NNC(=O)c1ccccc1. The van der Waals surface area contributed by atoms with Crippen LogP contribution in [0.3, 0.4) is 0 Å². The molecule has 0 aromatic heterocycles. The van der Waals surface area contributed by atoms with Crippen molar-refractivity contribution in [3.05, 3.63) is 78.0 Å². The topological polar surface area (TPSA) is 114 Å². The van der Waals surface area contributed by atoms with Crippen LogP contribution in [0.4, 0.5) is 18.9 Å². The van der Waals surface area contributed by atoms with Gasteiger partial charge in [-0.25, -0.2) is 4.79 Å². The summed E-state index contributed by atoms with van der Waals surface area (Å²) in [6.07, 6.45) is -4.02. The second kappa shape index (κ2) is 10.6. The predicted molar refractivity (Wildman–Crippen MR) is 103 cm³/mol.